The van der Waals surface area contributed by atoms with E-state index in [1.54, 1.807) is 0 Å². The van der Waals surface area contributed by atoms with Gasteiger partial charge in [-0.05, 0) is 25.1 Å². The summed E-state index contributed by atoms with van der Waals surface area (Å²) in [5.74, 6) is -0.475. The lowest BCUT2D eigenvalue weighted by atomic mass is 10.0. The molecule has 1 aromatic rings. The summed E-state index contributed by atoms with van der Waals surface area (Å²) in [5.41, 5.74) is 0.00244. The minimum absolute atomic E-state index is 0.00244. The highest BCUT2D eigenvalue weighted by Gasteiger charge is 2.30. The Bertz CT molecular complexity index is 617. The van der Waals surface area contributed by atoms with E-state index in [1.165, 1.54) is 18.3 Å². The Hall–Kier alpha value is -1.87. The van der Waals surface area contributed by atoms with Crippen molar-refractivity contribution >= 4 is 5.91 Å². The summed E-state index contributed by atoms with van der Waals surface area (Å²) in [7, 11) is 2.08. The number of nitrogens with one attached hydrogen (secondary N) is 1. The van der Waals surface area contributed by atoms with Crippen LogP contribution in [0.4, 0.5) is 13.2 Å². The minimum atomic E-state index is -4.49. The maximum atomic E-state index is 12.5. The van der Waals surface area contributed by atoms with Crippen molar-refractivity contribution in [3.63, 3.8) is 0 Å². The second-order valence-corrected chi connectivity index (χ2v) is 7.12. The number of nitrogens with zero attached hydrogens (tertiary/aromatic N) is 3. The molecule has 0 saturated carbocycles. The van der Waals surface area contributed by atoms with Gasteiger partial charge in [0.2, 0.25) is 5.88 Å². The molecule has 0 aromatic carbocycles. The largest absolute Gasteiger partial charge is 0.467 e. The molecule has 2 rings (SSSR count). The number of alkyl halides is 3. The number of hydrogen-bond acceptors (Lipinski definition) is 5. The number of aromatic nitrogens is 1. The Balaban J connectivity index is 1.99. The lowest BCUT2D eigenvalue weighted by Crippen LogP contribution is -2.54. The van der Waals surface area contributed by atoms with Crippen LogP contribution in [0.25, 0.3) is 0 Å². The van der Waals surface area contributed by atoms with Gasteiger partial charge in [-0.3, -0.25) is 9.69 Å². The molecular formula is C18H27F3N4O2. The molecule has 1 aromatic heterocycles. The predicted octanol–water partition coefficient (Wildman–Crippen LogP) is 2.02. The zero-order valence-electron chi connectivity index (χ0n) is 15.9. The van der Waals surface area contributed by atoms with Gasteiger partial charge in [0.05, 0.1) is 0 Å². The SMILES string of the molecule is CC(C)[C@H](CNC(=O)c1cccnc1OCC(F)(F)F)N1CCN(C)CC1. The van der Waals surface area contributed by atoms with Gasteiger partial charge in [-0.1, -0.05) is 13.8 Å². The molecule has 1 aliphatic rings. The summed E-state index contributed by atoms with van der Waals surface area (Å²) in [6, 6.07) is 3.06. The lowest BCUT2D eigenvalue weighted by Gasteiger charge is -2.39. The van der Waals surface area contributed by atoms with Crippen LogP contribution in [-0.2, 0) is 0 Å². The first-order valence-electron chi connectivity index (χ1n) is 9.02. The average Bonchev–Trinajstić information content (AvgIpc) is 2.61. The van der Waals surface area contributed by atoms with E-state index in [4.69, 9.17) is 4.74 Å². The monoisotopic (exact) mass is 388 g/mol. The quantitative estimate of drug-likeness (QED) is 0.775. The van der Waals surface area contributed by atoms with Crippen LogP contribution in [0.15, 0.2) is 18.3 Å². The molecule has 9 heteroatoms. The number of ether oxygens (including phenoxy) is 1. The Labute approximate surface area is 157 Å². The normalized spacial score (nSPS) is 17.7. The van der Waals surface area contributed by atoms with Crippen LogP contribution < -0.4 is 10.1 Å². The second kappa shape index (κ2) is 9.36. The Morgan fingerprint density at radius 2 is 1.96 bits per heavy atom. The molecule has 0 unspecified atom stereocenters. The highest BCUT2D eigenvalue weighted by molar-refractivity contribution is 5.96. The summed E-state index contributed by atoms with van der Waals surface area (Å²) >= 11 is 0. The van der Waals surface area contributed by atoms with Crippen molar-refractivity contribution in [3.05, 3.63) is 23.9 Å². The van der Waals surface area contributed by atoms with Crippen LogP contribution in [0.3, 0.4) is 0 Å². The van der Waals surface area contributed by atoms with Gasteiger partial charge in [0.15, 0.2) is 6.61 Å². The number of halogens is 3. The fraction of sp³-hybridized carbons (Fsp3) is 0.667. The molecule has 0 radical (unpaired) electrons. The number of pyridine rings is 1. The van der Waals surface area contributed by atoms with E-state index in [9.17, 15) is 18.0 Å². The van der Waals surface area contributed by atoms with Gasteiger partial charge in [-0.25, -0.2) is 4.98 Å². The zero-order valence-corrected chi connectivity index (χ0v) is 15.9. The smallest absolute Gasteiger partial charge is 0.422 e. The number of carbonyl (C=O) groups excluding carboxylic acids is 1. The molecule has 2 heterocycles. The maximum Gasteiger partial charge on any atom is 0.422 e. The molecule has 1 aliphatic heterocycles. The molecule has 27 heavy (non-hydrogen) atoms. The second-order valence-electron chi connectivity index (χ2n) is 7.12. The summed E-state index contributed by atoms with van der Waals surface area (Å²) in [6.07, 6.45) is -3.20. The zero-order chi connectivity index (χ0) is 20.0. The number of hydrogen-bond donors (Lipinski definition) is 1. The highest BCUT2D eigenvalue weighted by Crippen LogP contribution is 2.20. The number of rotatable bonds is 7. The molecule has 1 saturated heterocycles. The van der Waals surface area contributed by atoms with Crippen molar-refractivity contribution in [1.29, 1.82) is 0 Å². The first-order chi connectivity index (χ1) is 12.7. The lowest BCUT2D eigenvalue weighted by molar-refractivity contribution is -0.154. The van der Waals surface area contributed by atoms with Crippen LogP contribution >= 0.6 is 0 Å². The first kappa shape index (κ1) is 21.4. The summed E-state index contributed by atoms with van der Waals surface area (Å²) < 4.78 is 41.9. The van der Waals surface area contributed by atoms with Crippen LogP contribution in [0.2, 0.25) is 0 Å². The predicted molar refractivity (Wildman–Crippen MR) is 95.8 cm³/mol. The van der Waals surface area contributed by atoms with Crippen molar-refractivity contribution < 1.29 is 22.7 Å². The molecule has 0 bridgehead atoms. The third-order valence-electron chi connectivity index (χ3n) is 4.64. The highest BCUT2D eigenvalue weighted by atomic mass is 19.4. The molecule has 1 fully saturated rings. The number of amides is 1. The van der Waals surface area contributed by atoms with Gasteiger partial charge in [0.25, 0.3) is 5.91 Å². The Morgan fingerprint density at radius 1 is 1.30 bits per heavy atom. The van der Waals surface area contributed by atoms with E-state index >= 15 is 0 Å². The average molecular weight is 388 g/mol. The van der Waals surface area contributed by atoms with Gasteiger partial charge in [-0.15, -0.1) is 0 Å². The van der Waals surface area contributed by atoms with E-state index in [1.807, 2.05) is 0 Å². The number of piperazine rings is 1. The first-order valence-corrected chi connectivity index (χ1v) is 9.02. The standard InChI is InChI=1S/C18H27F3N4O2/c1-13(2)15(25-9-7-24(3)8-10-25)11-23-16(26)14-5-4-6-22-17(14)27-12-18(19,20)21/h4-6,13,15H,7-12H2,1-3H3,(H,23,26)/t15-/m0/s1. The molecule has 1 atom stereocenters. The van der Waals surface area contributed by atoms with E-state index < -0.39 is 18.7 Å². The van der Waals surface area contributed by atoms with E-state index in [0.717, 1.165) is 26.2 Å². The summed E-state index contributed by atoms with van der Waals surface area (Å²) in [6.45, 7) is 6.89. The molecule has 6 nitrogen and oxygen atoms in total. The van der Waals surface area contributed by atoms with Crippen LogP contribution in [0, 0.1) is 5.92 Å². The van der Waals surface area contributed by atoms with Gasteiger partial charge in [-0.2, -0.15) is 13.2 Å². The minimum Gasteiger partial charge on any atom is -0.467 e. The summed E-state index contributed by atoms with van der Waals surface area (Å²) in [4.78, 5) is 20.9. The van der Waals surface area contributed by atoms with Crippen molar-refractivity contribution in [2.24, 2.45) is 5.92 Å². The Kier molecular flexibility index (Phi) is 7.43. The fourth-order valence-corrected chi connectivity index (χ4v) is 3.06. The van der Waals surface area contributed by atoms with Crippen LogP contribution in [0.1, 0.15) is 24.2 Å². The third kappa shape index (κ3) is 6.66. The molecule has 0 spiro atoms. The maximum absolute atomic E-state index is 12.5. The van der Waals surface area contributed by atoms with Crippen molar-refractivity contribution in [2.45, 2.75) is 26.1 Å². The van der Waals surface area contributed by atoms with Crippen LogP contribution in [0.5, 0.6) is 5.88 Å². The molecule has 152 valence electrons. The van der Waals surface area contributed by atoms with E-state index in [0.29, 0.717) is 12.5 Å². The van der Waals surface area contributed by atoms with E-state index in [-0.39, 0.29) is 17.5 Å². The third-order valence-corrected chi connectivity index (χ3v) is 4.64. The van der Waals surface area contributed by atoms with Gasteiger partial charge < -0.3 is 15.0 Å². The van der Waals surface area contributed by atoms with Gasteiger partial charge in [0.1, 0.15) is 5.56 Å². The summed E-state index contributed by atoms with van der Waals surface area (Å²) in [5, 5.41) is 2.83. The van der Waals surface area contributed by atoms with Crippen LogP contribution in [-0.4, -0.2) is 79.3 Å². The fourth-order valence-electron chi connectivity index (χ4n) is 3.06. The molecular weight excluding hydrogens is 361 g/mol. The van der Waals surface area contributed by atoms with Gasteiger partial charge >= 0.3 is 6.18 Å². The number of carbonyl (C=O) groups is 1. The van der Waals surface area contributed by atoms with Gasteiger partial charge in [0, 0.05) is 45.0 Å². The Morgan fingerprint density at radius 3 is 2.56 bits per heavy atom. The van der Waals surface area contributed by atoms with Crippen molar-refractivity contribution in [2.75, 3.05) is 46.4 Å². The molecule has 1 amide bonds. The number of likely N-dealkylation sites (N-methyl/N-ethyl adjacent to an activating group) is 1. The molecule has 0 aliphatic carbocycles. The molecule has 1 N–H and O–H groups in total. The topological polar surface area (TPSA) is 57.7 Å². The van der Waals surface area contributed by atoms with E-state index in [2.05, 4.69) is 41.0 Å². The van der Waals surface area contributed by atoms with Crippen molar-refractivity contribution in [1.82, 2.24) is 20.1 Å². The van der Waals surface area contributed by atoms with Crippen molar-refractivity contribution in [3.8, 4) is 5.88 Å².